The van der Waals surface area contributed by atoms with Crippen LogP contribution >= 0.6 is 0 Å². The van der Waals surface area contributed by atoms with E-state index in [2.05, 4.69) is 4.98 Å². The summed E-state index contributed by atoms with van der Waals surface area (Å²) in [6, 6.07) is 11.0. The Kier molecular flexibility index (Phi) is 4.05. The fraction of sp³-hybridized carbons (Fsp3) is 0.167. The summed E-state index contributed by atoms with van der Waals surface area (Å²) in [7, 11) is -4.29. The summed E-state index contributed by atoms with van der Waals surface area (Å²) in [6.07, 6.45) is 1.82. The van der Waals surface area contributed by atoms with E-state index in [1.165, 1.54) is 34.0 Å². The molecule has 0 bridgehead atoms. The normalized spacial score (nSPS) is 13.7. The number of nitrogens with zero attached hydrogens (tertiary/aromatic N) is 3. The fourth-order valence-electron chi connectivity index (χ4n) is 3.25. The summed E-state index contributed by atoms with van der Waals surface area (Å²) in [4.78, 5) is 30.8. The van der Waals surface area contributed by atoms with Crippen molar-refractivity contribution in [2.24, 2.45) is 0 Å². The molecule has 1 N–H and O–H groups in total. The molecule has 0 unspecified atom stereocenters. The molecule has 2 heterocycles. The number of carbonyl (C=O) groups is 1. The molecule has 1 aliphatic heterocycles. The first-order chi connectivity index (χ1) is 12.8. The number of rotatable bonds is 3. The van der Waals surface area contributed by atoms with Crippen LogP contribution in [0, 0.1) is 0 Å². The van der Waals surface area contributed by atoms with E-state index in [4.69, 9.17) is 4.55 Å². The predicted molar refractivity (Wildman–Crippen MR) is 98.3 cm³/mol. The molecule has 1 aliphatic rings. The third-order valence-electron chi connectivity index (χ3n) is 4.58. The van der Waals surface area contributed by atoms with Crippen molar-refractivity contribution < 1.29 is 17.8 Å². The van der Waals surface area contributed by atoms with Crippen molar-refractivity contribution in [2.75, 3.05) is 11.4 Å². The Morgan fingerprint density at radius 3 is 2.74 bits per heavy atom. The summed E-state index contributed by atoms with van der Waals surface area (Å²) in [5.74, 6) is -0.299. The summed E-state index contributed by atoms with van der Waals surface area (Å²) in [5.41, 5.74) is 1.50. The van der Waals surface area contributed by atoms with Gasteiger partial charge in [-0.3, -0.25) is 18.7 Å². The van der Waals surface area contributed by atoms with Crippen molar-refractivity contribution >= 4 is 32.6 Å². The van der Waals surface area contributed by atoms with Crippen LogP contribution in [0.5, 0.6) is 0 Å². The third kappa shape index (κ3) is 3.11. The van der Waals surface area contributed by atoms with Crippen molar-refractivity contribution in [2.45, 2.75) is 17.9 Å². The van der Waals surface area contributed by atoms with Crippen LogP contribution in [0.1, 0.15) is 5.56 Å². The summed E-state index contributed by atoms with van der Waals surface area (Å²) >= 11 is 0. The molecule has 138 valence electrons. The first kappa shape index (κ1) is 17.4. The van der Waals surface area contributed by atoms with Crippen LogP contribution in [0.3, 0.4) is 0 Å². The number of amides is 1. The molecule has 4 rings (SSSR count). The molecule has 0 aliphatic carbocycles. The van der Waals surface area contributed by atoms with Gasteiger partial charge in [-0.1, -0.05) is 12.1 Å². The molecule has 8 nitrogen and oxygen atoms in total. The van der Waals surface area contributed by atoms with Crippen LogP contribution in [0.15, 0.2) is 58.5 Å². The van der Waals surface area contributed by atoms with Crippen LogP contribution in [-0.2, 0) is 27.9 Å². The van der Waals surface area contributed by atoms with E-state index in [-0.39, 0.29) is 22.9 Å². The van der Waals surface area contributed by atoms with E-state index in [1.807, 2.05) is 0 Å². The number of hydrogen-bond acceptors (Lipinski definition) is 5. The zero-order chi connectivity index (χ0) is 19.2. The maximum Gasteiger partial charge on any atom is 0.294 e. The van der Waals surface area contributed by atoms with Gasteiger partial charge < -0.3 is 4.90 Å². The Bertz CT molecular complexity index is 1230. The summed E-state index contributed by atoms with van der Waals surface area (Å²) in [6.45, 7) is 0.203. The molecule has 0 fully saturated rings. The zero-order valence-corrected chi connectivity index (χ0v) is 14.9. The second-order valence-corrected chi connectivity index (χ2v) is 7.68. The Morgan fingerprint density at radius 2 is 1.96 bits per heavy atom. The number of hydrogen-bond donors (Lipinski definition) is 1. The smallest absolute Gasteiger partial charge is 0.294 e. The predicted octanol–water partition coefficient (Wildman–Crippen LogP) is 1.23. The van der Waals surface area contributed by atoms with E-state index in [1.54, 1.807) is 24.3 Å². The van der Waals surface area contributed by atoms with Crippen molar-refractivity contribution in [3.63, 3.8) is 0 Å². The topological polar surface area (TPSA) is 110 Å². The minimum absolute atomic E-state index is 0.170. The number of para-hydroxylation sites is 1. The summed E-state index contributed by atoms with van der Waals surface area (Å²) in [5, 5.41) is 0.437. The number of carbonyl (C=O) groups excluding carboxylic acids is 1. The first-order valence-corrected chi connectivity index (χ1v) is 9.63. The molecular formula is C18H15N3O5S. The highest BCUT2D eigenvalue weighted by Gasteiger charge is 2.26. The molecule has 0 atom stereocenters. The Labute approximate surface area is 154 Å². The number of benzene rings is 2. The lowest BCUT2D eigenvalue weighted by atomic mass is 10.2. The highest BCUT2D eigenvalue weighted by molar-refractivity contribution is 7.85. The second kappa shape index (κ2) is 6.29. The number of fused-ring (bicyclic) bond motifs is 2. The number of aromatic nitrogens is 2. The van der Waals surface area contributed by atoms with Crippen LogP contribution < -0.4 is 10.5 Å². The molecule has 3 aromatic rings. The van der Waals surface area contributed by atoms with E-state index < -0.39 is 10.1 Å². The standard InChI is InChI=1S/C18H15N3O5S/c22-17(10-20-11-19-15-4-2-1-3-14(15)18(20)23)21-8-7-12-9-13(27(24,25)26)5-6-16(12)21/h1-6,9,11H,7-8,10H2,(H,24,25,26). The maximum absolute atomic E-state index is 12.7. The average Bonchev–Trinajstić information content (AvgIpc) is 3.07. The number of anilines is 1. The minimum atomic E-state index is -4.29. The monoisotopic (exact) mass is 385 g/mol. The molecule has 2 aromatic carbocycles. The molecule has 0 saturated heterocycles. The highest BCUT2D eigenvalue weighted by atomic mass is 32.2. The summed E-state index contributed by atoms with van der Waals surface area (Å²) < 4.78 is 32.9. The SMILES string of the molecule is O=C(Cn1cnc2ccccc2c1=O)N1CCc2cc(S(=O)(=O)O)ccc21. The Balaban J connectivity index is 1.63. The van der Waals surface area contributed by atoms with Gasteiger partial charge in [0, 0.05) is 12.2 Å². The van der Waals surface area contributed by atoms with Gasteiger partial charge in [0.2, 0.25) is 5.91 Å². The van der Waals surface area contributed by atoms with Gasteiger partial charge in [-0.25, -0.2) is 4.98 Å². The first-order valence-electron chi connectivity index (χ1n) is 8.19. The average molecular weight is 385 g/mol. The fourth-order valence-corrected chi connectivity index (χ4v) is 3.78. The lowest BCUT2D eigenvalue weighted by Crippen LogP contribution is -2.35. The Morgan fingerprint density at radius 1 is 1.19 bits per heavy atom. The Hall–Kier alpha value is -3.04. The van der Waals surface area contributed by atoms with Gasteiger partial charge in [-0.2, -0.15) is 8.42 Å². The highest BCUT2D eigenvalue weighted by Crippen LogP contribution is 2.30. The molecule has 1 amide bonds. The van der Waals surface area contributed by atoms with Crippen LogP contribution in [-0.4, -0.2) is 35.0 Å². The lowest BCUT2D eigenvalue weighted by Gasteiger charge is -2.18. The molecule has 0 saturated carbocycles. The zero-order valence-electron chi connectivity index (χ0n) is 14.1. The molecule has 0 spiro atoms. The van der Waals surface area contributed by atoms with Gasteiger partial charge >= 0.3 is 0 Å². The molecular weight excluding hydrogens is 370 g/mol. The van der Waals surface area contributed by atoms with Crippen molar-refractivity contribution in [3.05, 3.63) is 64.7 Å². The quantitative estimate of drug-likeness (QED) is 0.679. The molecule has 0 radical (unpaired) electrons. The van der Waals surface area contributed by atoms with E-state index in [0.717, 1.165) is 0 Å². The van der Waals surface area contributed by atoms with Crippen molar-refractivity contribution in [1.29, 1.82) is 0 Å². The van der Waals surface area contributed by atoms with Gasteiger partial charge in [0.1, 0.15) is 6.54 Å². The largest absolute Gasteiger partial charge is 0.310 e. The van der Waals surface area contributed by atoms with Crippen molar-refractivity contribution in [3.8, 4) is 0 Å². The van der Waals surface area contributed by atoms with Gasteiger partial charge in [0.05, 0.1) is 22.1 Å². The minimum Gasteiger partial charge on any atom is -0.310 e. The van der Waals surface area contributed by atoms with E-state index in [9.17, 15) is 18.0 Å². The third-order valence-corrected chi connectivity index (χ3v) is 5.43. The van der Waals surface area contributed by atoms with Crippen LogP contribution in [0.4, 0.5) is 5.69 Å². The van der Waals surface area contributed by atoms with Gasteiger partial charge in [0.15, 0.2) is 0 Å². The van der Waals surface area contributed by atoms with Gasteiger partial charge in [0.25, 0.3) is 15.7 Å². The van der Waals surface area contributed by atoms with E-state index in [0.29, 0.717) is 35.1 Å². The molecule has 27 heavy (non-hydrogen) atoms. The van der Waals surface area contributed by atoms with Gasteiger partial charge in [-0.05, 0) is 42.3 Å². The maximum atomic E-state index is 12.7. The second-order valence-electron chi connectivity index (χ2n) is 6.26. The van der Waals surface area contributed by atoms with Crippen molar-refractivity contribution in [1.82, 2.24) is 9.55 Å². The molecule has 1 aromatic heterocycles. The van der Waals surface area contributed by atoms with Crippen LogP contribution in [0.2, 0.25) is 0 Å². The van der Waals surface area contributed by atoms with Crippen LogP contribution in [0.25, 0.3) is 10.9 Å². The van der Waals surface area contributed by atoms with Gasteiger partial charge in [-0.15, -0.1) is 0 Å². The lowest BCUT2D eigenvalue weighted by molar-refractivity contribution is -0.119. The van der Waals surface area contributed by atoms with E-state index >= 15 is 0 Å². The molecule has 9 heteroatoms.